The molecule has 4 heterocycles. The number of aliphatic imine (C=N–C) groups is 1. The third kappa shape index (κ3) is 2.76. The van der Waals surface area contributed by atoms with Crippen molar-refractivity contribution in [3.05, 3.63) is 83.4 Å². The topological polar surface area (TPSA) is 33.4 Å². The first-order valence-corrected chi connectivity index (χ1v) is 10.7. The highest BCUT2D eigenvalue weighted by molar-refractivity contribution is 8.14. The number of benzene rings is 1. The predicted octanol–water partition coefficient (Wildman–Crippen LogP) is 5.08. The molecule has 5 heteroatoms. The average Bonchev–Trinajstić information content (AvgIpc) is 3.33. The molecule has 0 unspecified atom stereocenters. The van der Waals surface area contributed by atoms with E-state index in [0.29, 0.717) is 5.25 Å². The summed E-state index contributed by atoms with van der Waals surface area (Å²) in [4.78, 5) is 12.3. The van der Waals surface area contributed by atoms with Gasteiger partial charge in [0.25, 0.3) is 0 Å². The number of hydrogen-bond acceptors (Lipinski definition) is 4. The summed E-state index contributed by atoms with van der Waals surface area (Å²) in [6, 6.07) is 19.3. The zero-order valence-corrected chi connectivity index (χ0v) is 17.2. The van der Waals surface area contributed by atoms with E-state index >= 15 is 0 Å². The van der Waals surface area contributed by atoms with Gasteiger partial charge in [-0.05, 0) is 49.7 Å². The van der Waals surface area contributed by atoms with Gasteiger partial charge < -0.3 is 9.47 Å². The fraction of sp³-hybridized carbons (Fsp3) is 0.304. The molecular weight excluding hydrogens is 364 g/mol. The van der Waals surface area contributed by atoms with Crippen molar-refractivity contribution in [2.75, 3.05) is 6.54 Å². The first kappa shape index (κ1) is 17.6. The van der Waals surface area contributed by atoms with E-state index in [-0.39, 0.29) is 12.1 Å². The lowest BCUT2D eigenvalue weighted by atomic mass is 9.96. The minimum absolute atomic E-state index is 0.0425. The Morgan fingerprint density at radius 2 is 1.82 bits per heavy atom. The molecule has 28 heavy (non-hydrogen) atoms. The molecule has 5 rings (SSSR count). The molecule has 0 bridgehead atoms. The second kappa shape index (κ2) is 6.82. The zero-order chi connectivity index (χ0) is 19.3. The van der Waals surface area contributed by atoms with E-state index in [1.165, 1.54) is 22.6 Å². The van der Waals surface area contributed by atoms with Crippen LogP contribution in [0.3, 0.4) is 0 Å². The van der Waals surface area contributed by atoms with Crippen LogP contribution >= 0.6 is 11.8 Å². The minimum atomic E-state index is 0.0425. The van der Waals surface area contributed by atoms with Crippen molar-refractivity contribution < 1.29 is 0 Å². The lowest BCUT2D eigenvalue weighted by Gasteiger charge is -2.27. The number of rotatable bonds is 3. The Kier molecular flexibility index (Phi) is 4.27. The molecule has 3 aromatic rings. The fourth-order valence-corrected chi connectivity index (χ4v) is 5.61. The average molecular weight is 389 g/mol. The highest BCUT2D eigenvalue weighted by atomic mass is 32.2. The van der Waals surface area contributed by atoms with Gasteiger partial charge in [0.05, 0.1) is 11.7 Å². The lowest BCUT2D eigenvalue weighted by molar-refractivity contribution is 0.320. The first-order chi connectivity index (χ1) is 13.6. The Labute approximate surface area is 170 Å². The van der Waals surface area contributed by atoms with Crippen LogP contribution in [-0.4, -0.2) is 31.4 Å². The van der Waals surface area contributed by atoms with E-state index in [0.717, 1.165) is 17.4 Å². The van der Waals surface area contributed by atoms with Gasteiger partial charge in [-0.25, -0.2) is 0 Å². The summed E-state index contributed by atoms with van der Waals surface area (Å²) in [6.45, 7) is 7.74. The van der Waals surface area contributed by atoms with Gasteiger partial charge in [-0.1, -0.05) is 43.0 Å². The van der Waals surface area contributed by atoms with Crippen molar-refractivity contribution in [1.29, 1.82) is 0 Å². The Morgan fingerprint density at radius 3 is 2.57 bits per heavy atom. The van der Waals surface area contributed by atoms with Crippen LogP contribution in [0.2, 0.25) is 0 Å². The second-order valence-corrected chi connectivity index (χ2v) is 9.04. The molecule has 142 valence electrons. The van der Waals surface area contributed by atoms with Crippen LogP contribution in [0.5, 0.6) is 0 Å². The van der Waals surface area contributed by atoms with Crippen molar-refractivity contribution in [2.45, 2.75) is 38.1 Å². The van der Waals surface area contributed by atoms with Crippen molar-refractivity contribution >= 4 is 16.9 Å². The normalized spacial score (nSPS) is 23.8. The van der Waals surface area contributed by atoms with Gasteiger partial charge in [0.15, 0.2) is 5.17 Å². The quantitative estimate of drug-likeness (QED) is 0.627. The zero-order valence-electron chi connectivity index (χ0n) is 16.4. The van der Waals surface area contributed by atoms with Crippen LogP contribution in [0.1, 0.15) is 41.7 Å². The van der Waals surface area contributed by atoms with E-state index in [1.54, 1.807) is 0 Å². The van der Waals surface area contributed by atoms with Crippen molar-refractivity contribution in [3.8, 4) is 5.69 Å². The number of hydrogen-bond donors (Lipinski definition) is 0. The van der Waals surface area contributed by atoms with Crippen LogP contribution in [-0.2, 0) is 0 Å². The Bertz CT molecular complexity index is 1030. The largest absolute Gasteiger partial charge is 0.341 e. The van der Waals surface area contributed by atoms with Gasteiger partial charge in [0.1, 0.15) is 6.04 Å². The second-order valence-electron chi connectivity index (χ2n) is 7.63. The van der Waals surface area contributed by atoms with Crippen molar-refractivity contribution in [1.82, 2.24) is 14.5 Å². The summed E-state index contributed by atoms with van der Waals surface area (Å²) in [5.74, 6) is 0. The van der Waals surface area contributed by atoms with Gasteiger partial charge in [-0.15, -0.1) is 0 Å². The van der Waals surface area contributed by atoms with Gasteiger partial charge in [-0.2, -0.15) is 0 Å². The van der Waals surface area contributed by atoms with E-state index < -0.39 is 0 Å². The van der Waals surface area contributed by atoms with Crippen molar-refractivity contribution in [2.24, 2.45) is 4.99 Å². The van der Waals surface area contributed by atoms with Gasteiger partial charge in [-0.3, -0.25) is 9.98 Å². The molecule has 4 nitrogen and oxygen atoms in total. The standard InChI is InChI=1S/C23H24N4S/c1-15-13-19(17(3)27(15)18-9-5-4-6-10-18)22-21(20-11-7-8-12-24-20)25-23-26(22)14-16(2)28-23/h4-13,16,21-22H,14H2,1-3H3/t16-,21-,22-/m1/s1. The van der Waals surface area contributed by atoms with Crippen LogP contribution in [0, 0.1) is 13.8 Å². The highest BCUT2D eigenvalue weighted by Gasteiger charge is 2.44. The molecule has 0 saturated carbocycles. The van der Waals surface area contributed by atoms with Crippen LogP contribution in [0.25, 0.3) is 5.69 Å². The predicted molar refractivity (Wildman–Crippen MR) is 116 cm³/mol. The molecule has 3 atom stereocenters. The van der Waals surface area contributed by atoms with Gasteiger partial charge >= 0.3 is 0 Å². The molecule has 0 spiro atoms. The smallest absolute Gasteiger partial charge is 0.160 e. The highest BCUT2D eigenvalue weighted by Crippen LogP contribution is 2.48. The molecule has 0 radical (unpaired) electrons. The van der Waals surface area contributed by atoms with Gasteiger partial charge in [0, 0.05) is 35.1 Å². The van der Waals surface area contributed by atoms with E-state index in [1.807, 2.05) is 24.0 Å². The monoisotopic (exact) mass is 388 g/mol. The number of aromatic nitrogens is 2. The molecule has 2 aromatic heterocycles. The maximum Gasteiger partial charge on any atom is 0.160 e. The molecule has 0 aliphatic carbocycles. The Balaban J connectivity index is 1.63. The molecule has 2 aliphatic rings. The van der Waals surface area contributed by atoms with E-state index in [2.05, 4.69) is 83.8 Å². The summed E-state index contributed by atoms with van der Waals surface area (Å²) < 4.78 is 2.36. The molecular formula is C23H24N4S. The number of para-hydroxylation sites is 1. The summed E-state index contributed by atoms with van der Waals surface area (Å²) >= 11 is 1.89. The number of fused-ring (bicyclic) bond motifs is 1. The fourth-order valence-electron chi connectivity index (χ4n) is 4.52. The molecule has 0 N–H and O–H groups in total. The maximum atomic E-state index is 5.12. The first-order valence-electron chi connectivity index (χ1n) is 9.80. The van der Waals surface area contributed by atoms with Gasteiger partial charge in [0.2, 0.25) is 0 Å². The summed E-state index contributed by atoms with van der Waals surface area (Å²) in [5, 5.41) is 1.74. The van der Waals surface area contributed by atoms with Crippen molar-refractivity contribution in [3.63, 3.8) is 0 Å². The number of amidine groups is 1. The summed E-state index contributed by atoms with van der Waals surface area (Å²) in [6.07, 6.45) is 1.87. The number of nitrogens with zero attached hydrogens (tertiary/aromatic N) is 4. The van der Waals surface area contributed by atoms with E-state index in [9.17, 15) is 0 Å². The third-order valence-corrected chi connectivity index (χ3v) is 6.79. The Hall–Kier alpha value is -2.53. The third-order valence-electron chi connectivity index (χ3n) is 5.68. The molecule has 1 aromatic carbocycles. The molecule has 1 saturated heterocycles. The number of pyridine rings is 1. The minimum Gasteiger partial charge on any atom is -0.341 e. The number of aryl methyl sites for hydroxylation is 1. The van der Waals surface area contributed by atoms with Crippen LogP contribution < -0.4 is 0 Å². The molecule has 1 fully saturated rings. The molecule has 2 aliphatic heterocycles. The summed E-state index contributed by atoms with van der Waals surface area (Å²) in [5.41, 5.74) is 6.15. The Morgan fingerprint density at radius 1 is 1.04 bits per heavy atom. The number of thioether (sulfide) groups is 1. The lowest BCUT2D eigenvalue weighted by Crippen LogP contribution is -2.28. The van der Waals surface area contributed by atoms with Crippen LogP contribution in [0.15, 0.2) is 65.8 Å². The molecule has 0 amide bonds. The SMILES string of the molecule is Cc1cc([C@@H]2[C@@H](c3ccccn3)N=C3S[C@H](C)CN32)c(C)n1-c1ccccc1. The summed E-state index contributed by atoms with van der Waals surface area (Å²) in [7, 11) is 0. The van der Waals surface area contributed by atoms with E-state index in [4.69, 9.17) is 4.99 Å². The maximum absolute atomic E-state index is 5.12. The van der Waals surface area contributed by atoms with Crippen LogP contribution in [0.4, 0.5) is 0 Å².